The zero-order valence-electron chi connectivity index (χ0n) is 13.6. The third-order valence-corrected chi connectivity index (χ3v) is 4.48. The van der Waals surface area contributed by atoms with Crippen LogP contribution in [-0.2, 0) is 9.53 Å². The molecule has 1 aromatic heterocycles. The minimum Gasteiger partial charge on any atom is -0.375 e. The van der Waals surface area contributed by atoms with Crippen LogP contribution < -0.4 is 10.6 Å². The predicted molar refractivity (Wildman–Crippen MR) is 89.6 cm³/mol. The van der Waals surface area contributed by atoms with Gasteiger partial charge in [-0.1, -0.05) is 0 Å². The van der Waals surface area contributed by atoms with E-state index in [0.29, 0.717) is 24.9 Å². The standard InChI is InChI=1S/C17H21N5O2/c1-10-14(18-8-9-24-10)17(23)19-13-6-4-12(5-7-13)16-20-15(21-22-16)11-2-3-11/h4-7,10-11,14,18H,2-3,8-9H2,1H3,(H,19,23)(H,20,21,22)/t10-,14+/m1/s1. The highest BCUT2D eigenvalue weighted by Crippen LogP contribution is 2.38. The Labute approximate surface area is 140 Å². The van der Waals surface area contributed by atoms with Crippen LogP contribution in [0.1, 0.15) is 31.5 Å². The van der Waals surface area contributed by atoms with Crippen LogP contribution in [0, 0.1) is 0 Å². The maximum Gasteiger partial charge on any atom is 0.244 e. The fourth-order valence-electron chi connectivity index (χ4n) is 2.89. The first kappa shape index (κ1) is 15.3. The lowest BCUT2D eigenvalue weighted by Gasteiger charge is -2.29. The number of carbonyl (C=O) groups excluding carboxylic acids is 1. The summed E-state index contributed by atoms with van der Waals surface area (Å²) < 4.78 is 5.51. The second-order valence-corrected chi connectivity index (χ2v) is 6.39. The van der Waals surface area contributed by atoms with Crippen LogP contribution in [0.3, 0.4) is 0 Å². The van der Waals surface area contributed by atoms with E-state index in [4.69, 9.17) is 4.74 Å². The van der Waals surface area contributed by atoms with Gasteiger partial charge in [-0.15, -0.1) is 0 Å². The lowest BCUT2D eigenvalue weighted by molar-refractivity contribution is -0.123. The number of hydrogen-bond acceptors (Lipinski definition) is 5. The molecular formula is C17H21N5O2. The number of anilines is 1. The molecule has 0 unspecified atom stereocenters. The van der Waals surface area contributed by atoms with E-state index in [1.54, 1.807) is 0 Å². The lowest BCUT2D eigenvalue weighted by atomic mass is 10.1. The Bertz CT molecular complexity index is 723. The molecule has 0 radical (unpaired) electrons. The average Bonchev–Trinajstić information content (AvgIpc) is 3.33. The van der Waals surface area contributed by atoms with E-state index in [2.05, 4.69) is 25.8 Å². The van der Waals surface area contributed by atoms with Crippen molar-refractivity contribution in [1.82, 2.24) is 20.5 Å². The van der Waals surface area contributed by atoms with Crippen molar-refractivity contribution in [3.05, 3.63) is 30.1 Å². The summed E-state index contributed by atoms with van der Waals surface area (Å²) in [5.74, 6) is 2.14. The van der Waals surface area contributed by atoms with Crippen LogP contribution in [0.15, 0.2) is 24.3 Å². The van der Waals surface area contributed by atoms with Crippen LogP contribution in [0.25, 0.3) is 11.4 Å². The fourth-order valence-corrected chi connectivity index (χ4v) is 2.89. The monoisotopic (exact) mass is 327 g/mol. The molecule has 1 aliphatic heterocycles. The molecule has 2 aromatic rings. The summed E-state index contributed by atoms with van der Waals surface area (Å²) in [5, 5.41) is 13.4. The van der Waals surface area contributed by atoms with Gasteiger partial charge in [0.25, 0.3) is 0 Å². The molecule has 7 heteroatoms. The maximum atomic E-state index is 12.3. The highest BCUT2D eigenvalue weighted by atomic mass is 16.5. The van der Waals surface area contributed by atoms with Gasteiger partial charge in [-0.05, 0) is 44.0 Å². The third kappa shape index (κ3) is 3.18. The zero-order valence-corrected chi connectivity index (χ0v) is 13.6. The van der Waals surface area contributed by atoms with E-state index < -0.39 is 0 Å². The smallest absolute Gasteiger partial charge is 0.244 e. The van der Waals surface area contributed by atoms with Crippen molar-refractivity contribution in [1.29, 1.82) is 0 Å². The Hall–Kier alpha value is -2.25. The molecule has 24 heavy (non-hydrogen) atoms. The molecule has 4 rings (SSSR count). The van der Waals surface area contributed by atoms with Crippen molar-refractivity contribution >= 4 is 11.6 Å². The van der Waals surface area contributed by atoms with Gasteiger partial charge in [0.1, 0.15) is 11.9 Å². The number of aromatic nitrogens is 3. The molecule has 1 saturated carbocycles. The Morgan fingerprint density at radius 3 is 2.79 bits per heavy atom. The highest BCUT2D eigenvalue weighted by molar-refractivity contribution is 5.95. The number of rotatable bonds is 4. The number of H-pyrrole nitrogens is 1. The van der Waals surface area contributed by atoms with Crippen molar-refractivity contribution in [2.45, 2.75) is 37.8 Å². The number of morpholine rings is 1. The van der Waals surface area contributed by atoms with Gasteiger partial charge in [0.15, 0.2) is 5.82 Å². The summed E-state index contributed by atoms with van der Waals surface area (Å²) in [6, 6.07) is 7.25. The van der Waals surface area contributed by atoms with Crippen LogP contribution in [0.4, 0.5) is 5.69 Å². The summed E-state index contributed by atoms with van der Waals surface area (Å²) in [4.78, 5) is 16.9. The summed E-state index contributed by atoms with van der Waals surface area (Å²) in [5.41, 5.74) is 1.69. The van der Waals surface area contributed by atoms with Gasteiger partial charge in [0.05, 0.1) is 12.7 Å². The summed E-state index contributed by atoms with van der Waals surface area (Å²) >= 11 is 0. The van der Waals surface area contributed by atoms with E-state index in [-0.39, 0.29) is 18.1 Å². The molecule has 3 N–H and O–H groups in total. The number of benzene rings is 1. The number of carbonyl (C=O) groups is 1. The van der Waals surface area contributed by atoms with Crippen molar-refractivity contribution in [3.63, 3.8) is 0 Å². The molecule has 2 heterocycles. The summed E-state index contributed by atoms with van der Waals surface area (Å²) in [6.07, 6.45) is 2.25. The first-order valence-electron chi connectivity index (χ1n) is 8.39. The van der Waals surface area contributed by atoms with E-state index in [1.807, 2.05) is 31.2 Å². The lowest BCUT2D eigenvalue weighted by Crippen LogP contribution is -2.53. The van der Waals surface area contributed by atoms with Gasteiger partial charge in [-0.2, -0.15) is 5.10 Å². The number of nitrogens with one attached hydrogen (secondary N) is 3. The fraction of sp³-hybridized carbons (Fsp3) is 0.471. The van der Waals surface area contributed by atoms with Crippen molar-refractivity contribution in [3.8, 4) is 11.4 Å². The number of ether oxygens (including phenoxy) is 1. The number of amides is 1. The van der Waals surface area contributed by atoms with Gasteiger partial charge in [0, 0.05) is 23.7 Å². The van der Waals surface area contributed by atoms with Crippen LogP contribution in [0.5, 0.6) is 0 Å². The predicted octanol–water partition coefficient (Wildman–Crippen LogP) is 1.66. The Morgan fingerprint density at radius 1 is 1.29 bits per heavy atom. The van der Waals surface area contributed by atoms with Gasteiger partial charge in [0.2, 0.25) is 5.91 Å². The van der Waals surface area contributed by atoms with Crippen molar-refractivity contribution in [2.24, 2.45) is 0 Å². The van der Waals surface area contributed by atoms with Gasteiger partial charge < -0.3 is 15.4 Å². The van der Waals surface area contributed by atoms with Crippen LogP contribution >= 0.6 is 0 Å². The number of aromatic amines is 1. The molecule has 0 bridgehead atoms. The average molecular weight is 327 g/mol. The first-order valence-corrected chi connectivity index (χ1v) is 8.39. The van der Waals surface area contributed by atoms with Gasteiger partial charge >= 0.3 is 0 Å². The minimum atomic E-state index is -0.326. The summed E-state index contributed by atoms with van der Waals surface area (Å²) in [7, 11) is 0. The van der Waals surface area contributed by atoms with Gasteiger partial charge in [-0.25, -0.2) is 4.98 Å². The Morgan fingerprint density at radius 2 is 2.08 bits per heavy atom. The molecule has 2 fully saturated rings. The second-order valence-electron chi connectivity index (χ2n) is 6.39. The minimum absolute atomic E-state index is 0.0798. The SMILES string of the molecule is C[C@H]1OCCN[C@@H]1C(=O)Nc1ccc(-c2n[nH]c(C3CC3)n2)cc1. The third-order valence-electron chi connectivity index (χ3n) is 4.48. The van der Waals surface area contributed by atoms with E-state index in [0.717, 1.165) is 17.1 Å². The summed E-state index contributed by atoms with van der Waals surface area (Å²) in [6.45, 7) is 3.23. The normalized spacial score (nSPS) is 23.9. The van der Waals surface area contributed by atoms with E-state index >= 15 is 0 Å². The number of nitrogens with zero attached hydrogens (tertiary/aromatic N) is 2. The molecule has 1 aromatic carbocycles. The quantitative estimate of drug-likeness (QED) is 0.794. The van der Waals surface area contributed by atoms with Crippen LogP contribution in [-0.4, -0.2) is 46.4 Å². The zero-order chi connectivity index (χ0) is 16.5. The van der Waals surface area contributed by atoms with E-state index in [1.165, 1.54) is 12.8 Å². The molecule has 1 saturated heterocycles. The second kappa shape index (κ2) is 6.33. The maximum absolute atomic E-state index is 12.3. The van der Waals surface area contributed by atoms with Crippen molar-refractivity contribution < 1.29 is 9.53 Å². The number of hydrogen-bond donors (Lipinski definition) is 3. The molecule has 7 nitrogen and oxygen atoms in total. The molecule has 2 atom stereocenters. The highest BCUT2D eigenvalue weighted by Gasteiger charge is 2.28. The molecule has 2 aliphatic rings. The Balaban J connectivity index is 1.42. The van der Waals surface area contributed by atoms with Crippen LogP contribution in [0.2, 0.25) is 0 Å². The largest absolute Gasteiger partial charge is 0.375 e. The molecular weight excluding hydrogens is 306 g/mol. The Kier molecular flexibility index (Phi) is 4.03. The molecule has 126 valence electrons. The molecule has 0 spiro atoms. The topological polar surface area (TPSA) is 91.9 Å². The van der Waals surface area contributed by atoms with E-state index in [9.17, 15) is 4.79 Å². The first-order chi connectivity index (χ1) is 11.7. The molecule has 1 aliphatic carbocycles. The van der Waals surface area contributed by atoms with Gasteiger partial charge in [-0.3, -0.25) is 9.89 Å². The molecule has 1 amide bonds. The van der Waals surface area contributed by atoms with Crippen molar-refractivity contribution in [2.75, 3.05) is 18.5 Å².